The number of rotatable bonds is 5. The molecule has 3 heteroatoms. The third kappa shape index (κ3) is 4.42. The average Bonchev–Trinajstić information content (AvgIpc) is 2.56. The zero-order valence-electron chi connectivity index (χ0n) is 13.7. The van der Waals surface area contributed by atoms with Gasteiger partial charge in [0.2, 0.25) is 0 Å². The first kappa shape index (κ1) is 15.8. The van der Waals surface area contributed by atoms with Gasteiger partial charge in [-0.2, -0.15) is 0 Å². The second-order valence-corrected chi connectivity index (χ2v) is 6.34. The minimum atomic E-state index is 0.133. The predicted molar refractivity (Wildman–Crippen MR) is 94.8 cm³/mol. The second kappa shape index (κ2) is 7.42. The number of likely N-dealkylation sites (tertiary alicyclic amines) is 1. The molecule has 2 aromatic carbocycles. The molecule has 3 nitrogen and oxygen atoms in total. The van der Waals surface area contributed by atoms with E-state index in [0.29, 0.717) is 6.04 Å². The molecule has 1 fully saturated rings. The van der Waals surface area contributed by atoms with Crippen LogP contribution in [0.1, 0.15) is 35.7 Å². The minimum Gasteiger partial charge on any atom is -0.381 e. The van der Waals surface area contributed by atoms with Crippen molar-refractivity contribution in [2.24, 2.45) is 0 Å². The van der Waals surface area contributed by atoms with Gasteiger partial charge in [-0.25, -0.2) is 0 Å². The Bertz CT molecular complexity index is 654. The fraction of sp³-hybridized carbons (Fsp3) is 0.350. The summed E-state index contributed by atoms with van der Waals surface area (Å²) in [5.41, 5.74) is 3.22. The number of hydrogen-bond acceptors (Lipinski definition) is 3. The Kier molecular flexibility index (Phi) is 5.09. The van der Waals surface area contributed by atoms with Gasteiger partial charge < -0.3 is 5.32 Å². The topological polar surface area (TPSA) is 32.3 Å². The number of para-hydroxylation sites is 1. The minimum absolute atomic E-state index is 0.133. The van der Waals surface area contributed by atoms with Crippen LogP contribution in [0.2, 0.25) is 0 Å². The van der Waals surface area contributed by atoms with Crippen molar-refractivity contribution in [3.05, 3.63) is 65.7 Å². The molecule has 1 heterocycles. The van der Waals surface area contributed by atoms with E-state index in [1.807, 2.05) is 24.3 Å². The lowest BCUT2D eigenvalue weighted by atomic mass is 10.0. The first-order valence-electron chi connectivity index (χ1n) is 8.34. The highest BCUT2D eigenvalue weighted by Crippen LogP contribution is 2.18. The van der Waals surface area contributed by atoms with E-state index in [4.69, 9.17) is 0 Å². The first-order valence-corrected chi connectivity index (χ1v) is 8.34. The number of hydrogen-bond donors (Lipinski definition) is 1. The SMILES string of the molecule is CC(=O)c1cccc(CN2CCCC(Nc3ccccc3)C2)c1. The number of nitrogens with one attached hydrogen (secondary N) is 1. The fourth-order valence-corrected chi connectivity index (χ4v) is 3.23. The molecule has 0 saturated carbocycles. The Hall–Kier alpha value is -2.13. The van der Waals surface area contributed by atoms with E-state index in [1.54, 1.807) is 6.92 Å². The van der Waals surface area contributed by atoms with Crippen LogP contribution in [0.5, 0.6) is 0 Å². The molecule has 1 N–H and O–H groups in total. The predicted octanol–water partition coefficient (Wildman–Crippen LogP) is 3.97. The van der Waals surface area contributed by atoms with Crippen molar-refractivity contribution in [1.82, 2.24) is 4.90 Å². The lowest BCUT2D eigenvalue weighted by Gasteiger charge is -2.33. The Morgan fingerprint density at radius 1 is 1.17 bits per heavy atom. The van der Waals surface area contributed by atoms with Crippen LogP contribution in [0, 0.1) is 0 Å². The van der Waals surface area contributed by atoms with E-state index < -0.39 is 0 Å². The molecule has 0 amide bonds. The molecule has 2 aromatic rings. The van der Waals surface area contributed by atoms with Gasteiger partial charge in [-0.15, -0.1) is 0 Å². The normalized spacial score (nSPS) is 18.6. The molecule has 0 aliphatic carbocycles. The molecule has 120 valence electrons. The molecular weight excluding hydrogens is 284 g/mol. The van der Waals surface area contributed by atoms with Gasteiger partial charge in [-0.3, -0.25) is 9.69 Å². The van der Waals surface area contributed by atoms with Gasteiger partial charge in [-0.1, -0.05) is 36.4 Å². The summed E-state index contributed by atoms with van der Waals surface area (Å²) in [5, 5.41) is 3.63. The molecule has 1 aliphatic rings. The Balaban J connectivity index is 1.60. The lowest BCUT2D eigenvalue weighted by molar-refractivity contribution is 0.101. The molecule has 0 bridgehead atoms. The smallest absolute Gasteiger partial charge is 0.159 e. The summed E-state index contributed by atoms with van der Waals surface area (Å²) in [5.74, 6) is 0.133. The summed E-state index contributed by atoms with van der Waals surface area (Å²) in [6.07, 6.45) is 2.41. The standard InChI is InChI=1S/C20H24N2O/c1-16(23)18-8-5-7-17(13-18)14-22-12-6-11-20(15-22)21-19-9-3-2-4-10-19/h2-5,7-10,13,20-21H,6,11-12,14-15H2,1H3. The van der Waals surface area contributed by atoms with Gasteiger partial charge in [0, 0.05) is 30.4 Å². The Morgan fingerprint density at radius 2 is 2.00 bits per heavy atom. The van der Waals surface area contributed by atoms with E-state index in [2.05, 4.69) is 40.5 Å². The third-order valence-electron chi connectivity index (χ3n) is 4.39. The van der Waals surface area contributed by atoms with Crippen LogP contribution >= 0.6 is 0 Å². The number of carbonyl (C=O) groups is 1. The number of piperidine rings is 1. The second-order valence-electron chi connectivity index (χ2n) is 6.34. The first-order chi connectivity index (χ1) is 11.2. The van der Waals surface area contributed by atoms with Gasteiger partial charge in [0.1, 0.15) is 0 Å². The monoisotopic (exact) mass is 308 g/mol. The largest absolute Gasteiger partial charge is 0.381 e. The maximum absolute atomic E-state index is 11.5. The highest BCUT2D eigenvalue weighted by Gasteiger charge is 2.19. The van der Waals surface area contributed by atoms with Gasteiger partial charge >= 0.3 is 0 Å². The van der Waals surface area contributed by atoms with Crippen molar-refractivity contribution < 1.29 is 4.79 Å². The van der Waals surface area contributed by atoms with Crippen molar-refractivity contribution in [3.63, 3.8) is 0 Å². The number of carbonyl (C=O) groups excluding carboxylic acids is 1. The van der Waals surface area contributed by atoms with Crippen LogP contribution in [0.4, 0.5) is 5.69 Å². The van der Waals surface area contributed by atoms with Crippen molar-refractivity contribution >= 4 is 11.5 Å². The summed E-state index contributed by atoms with van der Waals surface area (Å²) >= 11 is 0. The number of benzene rings is 2. The highest BCUT2D eigenvalue weighted by atomic mass is 16.1. The third-order valence-corrected chi connectivity index (χ3v) is 4.39. The van der Waals surface area contributed by atoms with E-state index in [9.17, 15) is 4.79 Å². The number of nitrogens with zero attached hydrogens (tertiary/aromatic N) is 1. The van der Waals surface area contributed by atoms with Crippen LogP contribution in [-0.2, 0) is 6.54 Å². The molecule has 0 aromatic heterocycles. The molecule has 1 atom stereocenters. The van der Waals surface area contributed by atoms with Gasteiger partial charge in [-0.05, 0) is 50.1 Å². The molecule has 23 heavy (non-hydrogen) atoms. The molecule has 0 radical (unpaired) electrons. The number of ketones is 1. The van der Waals surface area contributed by atoms with Crippen LogP contribution in [0.3, 0.4) is 0 Å². The van der Waals surface area contributed by atoms with Crippen LogP contribution < -0.4 is 5.32 Å². The summed E-state index contributed by atoms with van der Waals surface area (Å²) in [4.78, 5) is 14.0. The highest BCUT2D eigenvalue weighted by molar-refractivity contribution is 5.94. The number of anilines is 1. The van der Waals surface area contributed by atoms with Crippen molar-refractivity contribution in [2.45, 2.75) is 32.4 Å². The molecule has 3 rings (SSSR count). The zero-order valence-corrected chi connectivity index (χ0v) is 13.7. The zero-order chi connectivity index (χ0) is 16.1. The van der Waals surface area contributed by atoms with E-state index >= 15 is 0 Å². The van der Waals surface area contributed by atoms with Crippen LogP contribution in [0.15, 0.2) is 54.6 Å². The summed E-state index contributed by atoms with van der Waals surface area (Å²) in [6.45, 7) is 4.70. The van der Waals surface area contributed by atoms with Crippen molar-refractivity contribution in [2.75, 3.05) is 18.4 Å². The maximum atomic E-state index is 11.5. The Labute approximate surface area is 138 Å². The van der Waals surface area contributed by atoms with Gasteiger partial charge in [0.25, 0.3) is 0 Å². The van der Waals surface area contributed by atoms with E-state index in [-0.39, 0.29) is 5.78 Å². The van der Waals surface area contributed by atoms with Crippen molar-refractivity contribution in [3.8, 4) is 0 Å². The van der Waals surface area contributed by atoms with E-state index in [0.717, 1.165) is 25.2 Å². The van der Waals surface area contributed by atoms with Gasteiger partial charge in [0.15, 0.2) is 5.78 Å². The fourth-order valence-electron chi connectivity index (χ4n) is 3.23. The summed E-state index contributed by atoms with van der Waals surface area (Å²) in [7, 11) is 0. The molecule has 1 aliphatic heterocycles. The molecule has 0 spiro atoms. The Morgan fingerprint density at radius 3 is 2.78 bits per heavy atom. The average molecular weight is 308 g/mol. The van der Waals surface area contributed by atoms with E-state index in [1.165, 1.54) is 24.1 Å². The molecule has 1 unspecified atom stereocenters. The molecular formula is C20H24N2O. The van der Waals surface area contributed by atoms with Gasteiger partial charge in [0.05, 0.1) is 0 Å². The quantitative estimate of drug-likeness (QED) is 0.848. The summed E-state index contributed by atoms with van der Waals surface area (Å²) in [6, 6.07) is 18.9. The maximum Gasteiger partial charge on any atom is 0.159 e. The van der Waals surface area contributed by atoms with Crippen LogP contribution in [0.25, 0.3) is 0 Å². The van der Waals surface area contributed by atoms with Crippen LogP contribution in [-0.4, -0.2) is 29.8 Å². The number of Topliss-reactive ketones (excluding diaryl/α,β-unsaturated/α-hetero) is 1. The molecule has 1 saturated heterocycles. The summed E-state index contributed by atoms with van der Waals surface area (Å²) < 4.78 is 0. The lowest BCUT2D eigenvalue weighted by Crippen LogP contribution is -2.41. The van der Waals surface area contributed by atoms with Crippen molar-refractivity contribution in [1.29, 1.82) is 0 Å².